The second-order valence-electron chi connectivity index (χ2n) is 5.80. The summed E-state index contributed by atoms with van der Waals surface area (Å²) in [5.74, 6) is 0.870. The Balaban J connectivity index is 3.06. The molecule has 0 unspecified atom stereocenters. The highest BCUT2D eigenvalue weighted by Crippen LogP contribution is 2.44. The summed E-state index contributed by atoms with van der Waals surface area (Å²) in [7, 11) is 1.69. The predicted octanol–water partition coefficient (Wildman–Crippen LogP) is 3.79. The van der Waals surface area contributed by atoms with Crippen LogP contribution in [0, 0.1) is 11.8 Å². The Morgan fingerprint density at radius 3 is 2.44 bits per heavy atom. The Hall–Kier alpha value is -0.270. The predicted molar refractivity (Wildman–Crippen MR) is 76.0 cm³/mol. The van der Waals surface area contributed by atoms with Crippen molar-refractivity contribution in [3.63, 3.8) is 0 Å². The number of ether oxygens (including phenoxy) is 2. The molecule has 104 valence electrons. The smallest absolute Gasteiger partial charge is 0.125 e. The Morgan fingerprint density at radius 2 is 2.06 bits per heavy atom. The maximum Gasteiger partial charge on any atom is 0.125 e. The first kappa shape index (κ1) is 15.8. The van der Waals surface area contributed by atoms with Gasteiger partial charge < -0.3 is 9.47 Å². The van der Waals surface area contributed by atoms with Crippen LogP contribution in [0.5, 0.6) is 0 Å². The summed E-state index contributed by atoms with van der Waals surface area (Å²) in [6, 6.07) is 0. The summed E-state index contributed by atoms with van der Waals surface area (Å²) >= 11 is 6.77. The van der Waals surface area contributed by atoms with Crippen LogP contribution in [0.2, 0.25) is 0 Å². The van der Waals surface area contributed by atoms with Gasteiger partial charge in [-0.1, -0.05) is 34.3 Å². The fraction of sp³-hybridized carbons (Fsp3) is 0.800. The zero-order valence-corrected chi connectivity index (χ0v) is 12.8. The van der Waals surface area contributed by atoms with Crippen molar-refractivity contribution >= 4 is 11.6 Å². The molecule has 0 amide bonds. The second-order valence-corrected chi connectivity index (χ2v) is 6.46. The second kappa shape index (κ2) is 6.25. The maximum atomic E-state index is 6.77. The van der Waals surface area contributed by atoms with Crippen molar-refractivity contribution < 1.29 is 9.47 Å². The minimum Gasteiger partial charge on any atom is -0.376 e. The van der Waals surface area contributed by atoms with Crippen molar-refractivity contribution in [3.8, 4) is 0 Å². The molecule has 1 heterocycles. The van der Waals surface area contributed by atoms with Crippen molar-refractivity contribution in [2.45, 2.75) is 57.3 Å². The van der Waals surface area contributed by atoms with Crippen LogP contribution in [0.25, 0.3) is 0 Å². The van der Waals surface area contributed by atoms with Crippen molar-refractivity contribution in [2.75, 3.05) is 7.11 Å². The lowest BCUT2D eigenvalue weighted by molar-refractivity contribution is -0.0263. The average Bonchev–Trinajstić information content (AvgIpc) is 2.50. The summed E-state index contributed by atoms with van der Waals surface area (Å²) in [5, 5.41) is 0. The van der Waals surface area contributed by atoms with E-state index in [2.05, 4.69) is 40.0 Å². The molecule has 1 saturated heterocycles. The van der Waals surface area contributed by atoms with Gasteiger partial charge in [0.1, 0.15) is 11.0 Å². The quantitative estimate of drug-likeness (QED) is 0.560. The lowest BCUT2D eigenvalue weighted by Gasteiger charge is -2.30. The number of hydrogen-bond acceptors (Lipinski definition) is 2. The van der Waals surface area contributed by atoms with Gasteiger partial charge in [0, 0.05) is 7.11 Å². The Labute approximate surface area is 116 Å². The molecule has 1 aliphatic heterocycles. The number of methoxy groups -OCH3 is 1. The molecule has 1 fully saturated rings. The molecule has 0 aromatic heterocycles. The summed E-state index contributed by atoms with van der Waals surface area (Å²) in [4.78, 5) is -0.662. The Morgan fingerprint density at radius 1 is 1.44 bits per heavy atom. The molecule has 1 rings (SSSR count). The number of halogens is 1. The van der Waals surface area contributed by atoms with E-state index in [0.717, 1.165) is 6.42 Å². The van der Waals surface area contributed by atoms with E-state index in [4.69, 9.17) is 21.1 Å². The average molecular weight is 273 g/mol. The molecular weight excluding hydrogens is 248 g/mol. The molecule has 1 aliphatic rings. The molecule has 0 bridgehead atoms. The topological polar surface area (TPSA) is 18.5 Å². The SMILES string of the molecule is C=C=C[C@@]1(Cl)[C@H](OC)[C@@H](CC(C)C)O[C@H]1C(C)C. The van der Waals surface area contributed by atoms with Gasteiger partial charge in [0.25, 0.3) is 0 Å². The molecule has 0 radical (unpaired) electrons. The first-order chi connectivity index (χ1) is 8.36. The van der Waals surface area contributed by atoms with Crippen molar-refractivity contribution in [2.24, 2.45) is 11.8 Å². The molecule has 0 aromatic rings. The standard InChI is InChI=1S/C15H25ClO2/c1-7-8-15(16)13(11(4)5)18-12(9-10(2)3)14(15)17-6/h8,10-14H,1,9H2,2-6H3/t12-,13+,14-,15+/m1/s1. The van der Waals surface area contributed by atoms with Gasteiger partial charge in [0.2, 0.25) is 0 Å². The van der Waals surface area contributed by atoms with Crippen LogP contribution in [0.1, 0.15) is 34.1 Å². The van der Waals surface area contributed by atoms with Gasteiger partial charge in [-0.05, 0) is 24.3 Å². The zero-order valence-electron chi connectivity index (χ0n) is 12.1. The van der Waals surface area contributed by atoms with Crippen molar-refractivity contribution in [1.82, 2.24) is 0 Å². The number of rotatable bonds is 5. The van der Waals surface area contributed by atoms with E-state index < -0.39 is 4.87 Å². The fourth-order valence-corrected chi connectivity index (χ4v) is 3.39. The van der Waals surface area contributed by atoms with Crippen LogP contribution in [0.3, 0.4) is 0 Å². The highest BCUT2D eigenvalue weighted by molar-refractivity contribution is 6.26. The number of hydrogen-bond donors (Lipinski definition) is 0. The first-order valence-corrected chi connectivity index (χ1v) is 6.98. The first-order valence-electron chi connectivity index (χ1n) is 6.61. The van der Waals surface area contributed by atoms with Gasteiger partial charge in [0.05, 0.1) is 12.2 Å². The molecule has 3 heteroatoms. The molecular formula is C15H25ClO2. The molecule has 18 heavy (non-hydrogen) atoms. The molecule has 0 aromatic carbocycles. The minimum atomic E-state index is -0.662. The molecule has 0 saturated carbocycles. The number of alkyl halides is 1. The van der Waals surface area contributed by atoms with Crippen molar-refractivity contribution in [1.29, 1.82) is 0 Å². The van der Waals surface area contributed by atoms with E-state index in [1.165, 1.54) is 0 Å². The van der Waals surface area contributed by atoms with Gasteiger partial charge in [-0.25, -0.2) is 0 Å². The normalized spacial score (nSPS) is 36.1. The summed E-state index contributed by atoms with van der Waals surface area (Å²) < 4.78 is 11.8. The Bertz CT molecular complexity index is 320. The monoisotopic (exact) mass is 272 g/mol. The van der Waals surface area contributed by atoms with E-state index >= 15 is 0 Å². The van der Waals surface area contributed by atoms with Gasteiger partial charge in [0.15, 0.2) is 0 Å². The van der Waals surface area contributed by atoms with Gasteiger partial charge >= 0.3 is 0 Å². The van der Waals surface area contributed by atoms with Crippen LogP contribution in [-0.2, 0) is 9.47 Å². The largest absolute Gasteiger partial charge is 0.376 e. The molecule has 0 spiro atoms. The summed E-state index contributed by atoms with van der Waals surface area (Å²) in [6.07, 6.45) is 2.56. The summed E-state index contributed by atoms with van der Waals surface area (Å²) in [6.45, 7) is 12.2. The van der Waals surface area contributed by atoms with Crippen molar-refractivity contribution in [3.05, 3.63) is 18.4 Å². The molecule has 0 aliphatic carbocycles. The summed E-state index contributed by atoms with van der Waals surface area (Å²) in [5.41, 5.74) is 2.81. The van der Waals surface area contributed by atoms with Crippen LogP contribution < -0.4 is 0 Å². The third-order valence-electron chi connectivity index (χ3n) is 3.42. The molecule has 4 atom stereocenters. The third kappa shape index (κ3) is 3.00. The zero-order chi connectivity index (χ0) is 13.9. The van der Waals surface area contributed by atoms with Gasteiger partial charge in [-0.3, -0.25) is 0 Å². The fourth-order valence-electron chi connectivity index (χ4n) is 2.78. The lowest BCUT2D eigenvalue weighted by atomic mass is 9.87. The maximum absolute atomic E-state index is 6.77. The van der Waals surface area contributed by atoms with Crippen LogP contribution in [-0.4, -0.2) is 30.3 Å². The van der Waals surface area contributed by atoms with Gasteiger partial charge in [-0.2, -0.15) is 0 Å². The van der Waals surface area contributed by atoms with E-state index in [1.807, 2.05) is 0 Å². The van der Waals surface area contributed by atoms with E-state index in [1.54, 1.807) is 13.2 Å². The van der Waals surface area contributed by atoms with E-state index in [0.29, 0.717) is 11.8 Å². The highest BCUT2D eigenvalue weighted by Gasteiger charge is 2.55. The molecule has 0 N–H and O–H groups in total. The molecule has 2 nitrogen and oxygen atoms in total. The van der Waals surface area contributed by atoms with E-state index in [9.17, 15) is 0 Å². The van der Waals surface area contributed by atoms with E-state index in [-0.39, 0.29) is 18.3 Å². The van der Waals surface area contributed by atoms with Crippen LogP contribution in [0.4, 0.5) is 0 Å². The lowest BCUT2D eigenvalue weighted by Crippen LogP contribution is -2.44. The Kier molecular flexibility index (Phi) is 5.48. The van der Waals surface area contributed by atoms with Gasteiger partial charge in [-0.15, -0.1) is 17.3 Å². The third-order valence-corrected chi connectivity index (χ3v) is 3.96. The van der Waals surface area contributed by atoms with Crippen LogP contribution in [0.15, 0.2) is 18.4 Å². The minimum absolute atomic E-state index is 0.0319. The highest BCUT2D eigenvalue weighted by atomic mass is 35.5. The van der Waals surface area contributed by atoms with Crippen LogP contribution >= 0.6 is 11.6 Å².